The van der Waals surface area contributed by atoms with Crippen molar-refractivity contribution in [2.45, 2.75) is 53.1 Å². The van der Waals surface area contributed by atoms with E-state index in [1.165, 1.54) is 0 Å². The van der Waals surface area contributed by atoms with Crippen LogP contribution >= 0.6 is 0 Å². The smallest absolute Gasteiger partial charge is 0.333 e. The fraction of sp³-hybridized carbons (Fsp3) is 0.727. The number of hydrogen-bond acceptors (Lipinski definition) is 2. The molecule has 0 saturated heterocycles. The van der Waals surface area contributed by atoms with E-state index in [9.17, 15) is 4.79 Å². The highest BCUT2D eigenvalue weighted by Gasteiger charge is 2.11. The lowest BCUT2D eigenvalue weighted by Gasteiger charge is -2.13. The second kappa shape index (κ2) is 6.70. The minimum atomic E-state index is -0.171. The van der Waals surface area contributed by atoms with Crippen molar-refractivity contribution in [1.29, 1.82) is 0 Å². The first-order valence-corrected chi connectivity index (χ1v) is 5.03. The second-order valence-electron chi connectivity index (χ2n) is 3.14. The summed E-state index contributed by atoms with van der Waals surface area (Å²) in [6, 6.07) is 0. The molecule has 0 unspecified atom stereocenters. The molecule has 2 heteroatoms. The van der Waals surface area contributed by atoms with Crippen molar-refractivity contribution in [2.24, 2.45) is 0 Å². The highest BCUT2D eigenvalue weighted by Crippen LogP contribution is 2.07. The van der Waals surface area contributed by atoms with Crippen LogP contribution in [0.2, 0.25) is 0 Å². The lowest BCUT2D eigenvalue weighted by molar-refractivity contribution is -0.144. The van der Waals surface area contributed by atoms with Gasteiger partial charge in [0.2, 0.25) is 0 Å². The quantitative estimate of drug-likeness (QED) is 0.485. The summed E-state index contributed by atoms with van der Waals surface area (Å²) >= 11 is 0. The van der Waals surface area contributed by atoms with Crippen LogP contribution in [0.1, 0.15) is 47.0 Å². The SMILES string of the molecule is CC/C=C(\C)C(=O)OC(CC)CC. The van der Waals surface area contributed by atoms with E-state index < -0.39 is 0 Å². The average molecular weight is 184 g/mol. The number of rotatable bonds is 5. The van der Waals surface area contributed by atoms with E-state index in [-0.39, 0.29) is 12.1 Å². The molecule has 0 aliphatic rings. The van der Waals surface area contributed by atoms with Crippen LogP contribution in [-0.2, 0) is 9.53 Å². The molecule has 0 radical (unpaired) electrons. The summed E-state index contributed by atoms with van der Waals surface area (Å²) in [7, 11) is 0. The first-order chi connectivity index (χ1) is 6.15. The van der Waals surface area contributed by atoms with E-state index in [1.54, 1.807) is 6.92 Å². The molecule has 0 heterocycles. The molecule has 0 saturated carbocycles. The Balaban J connectivity index is 4.05. The van der Waals surface area contributed by atoms with Gasteiger partial charge in [-0.05, 0) is 26.2 Å². The summed E-state index contributed by atoms with van der Waals surface area (Å²) in [6.45, 7) is 7.86. The maximum atomic E-state index is 11.4. The highest BCUT2D eigenvalue weighted by molar-refractivity contribution is 5.87. The molecule has 0 aliphatic carbocycles. The summed E-state index contributed by atoms with van der Waals surface area (Å²) < 4.78 is 5.26. The summed E-state index contributed by atoms with van der Waals surface area (Å²) in [6.07, 6.45) is 4.63. The van der Waals surface area contributed by atoms with Crippen molar-refractivity contribution in [3.63, 3.8) is 0 Å². The Morgan fingerprint density at radius 3 is 2.23 bits per heavy atom. The largest absolute Gasteiger partial charge is 0.459 e. The predicted molar refractivity (Wildman–Crippen MR) is 54.5 cm³/mol. The van der Waals surface area contributed by atoms with Gasteiger partial charge in [-0.1, -0.05) is 26.8 Å². The molecule has 0 atom stereocenters. The standard InChI is InChI=1S/C11H20O2/c1-5-8-9(4)11(12)13-10(6-2)7-3/h8,10H,5-7H2,1-4H3/b9-8+. The maximum absolute atomic E-state index is 11.4. The third-order valence-corrected chi connectivity index (χ3v) is 2.02. The molecule has 0 fully saturated rings. The van der Waals surface area contributed by atoms with Crippen molar-refractivity contribution in [2.75, 3.05) is 0 Å². The molecule has 2 nitrogen and oxygen atoms in total. The summed E-state index contributed by atoms with van der Waals surface area (Å²) in [5, 5.41) is 0. The van der Waals surface area contributed by atoms with Crippen LogP contribution in [0.15, 0.2) is 11.6 Å². The van der Waals surface area contributed by atoms with Gasteiger partial charge in [-0.15, -0.1) is 0 Å². The van der Waals surface area contributed by atoms with Gasteiger partial charge in [0.1, 0.15) is 6.10 Å². The molecular formula is C11H20O2. The van der Waals surface area contributed by atoms with E-state index in [4.69, 9.17) is 4.74 Å². The normalized spacial score (nSPS) is 11.9. The van der Waals surface area contributed by atoms with E-state index in [0.717, 1.165) is 24.8 Å². The van der Waals surface area contributed by atoms with Crippen LogP contribution in [0.3, 0.4) is 0 Å². The van der Waals surface area contributed by atoms with E-state index in [1.807, 2.05) is 26.8 Å². The highest BCUT2D eigenvalue weighted by atomic mass is 16.5. The molecule has 0 rings (SSSR count). The minimum Gasteiger partial charge on any atom is -0.459 e. The molecule has 0 bridgehead atoms. The first kappa shape index (κ1) is 12.2. The number of ether oxygens (including phenoxy) is 1. The summed E-state index contributed by atoms with van der Waals surface area (Å²) in [5.41, 5.74) is 0.717. The predicted octanol–water partition coefficient (Wildman–Crippen LogP) is 3.07. The van der Waals surface area contributed by atoms with Crippen molar-refractivity contribution >= 4 is 5.97 Å². The van der Waals surface area contributed by atoms with Crippen molar-refractivity contribution in [1.82, 2.24) is 0 Å². The summed E-state index contributed by atoms with van der Waals surface area (Å²) in [4.78, 5) is 11.4. The van der Waals surface area contributed by atoms with Gasteiger partial charge in [0.15, 0.2) is 0 Å². The Labute approximate surface area is 81.0 Å². The van der Waals surface area contributed by atoms with Gasteiger partial charge < -0.3 is 4.74 Å². The molecular weight excluding hydrogens is 164 g/mol. The zero-order chi connectivity index (χ0) is 10.3. The van der Waals surface area contributed by atoms with Crippen LogP contribution in [0.4, 0.5) is 0 Å². The van der Waals surface area contributed by atoms with Gasteiger partial charge in [-0.3, -0.25) is 0 Å². The Morgan fingerprint density at radius 2 is 1.85 bits per heavy atom. The molecule has 0 aromatic carbocycles. The van der Waals surface area contributed by atoms with Crippen molar-refractivity contribution in [3.8, 4) is 0 Å². The van der Waals surface area contributed by atoms with Crippen LogP contribution in [0, 0.1) is 0 Å². The molecule has 0 amide bonds. The molecule has 0 aromatic rings. The average Bonchev–Trinajstić information content (AvgIpc) is 2.14. The van der Waals surface area contributed by atoms with Crippen LogP contribution < -0.4 is 0 Å². The van der Waals surface area contributed by atoms with Gasteiger partial charge in [-0.25, -0.2) is 4.79 Å². The molecule has 0 N–H and O–H groups in total. The van der Waals surface area contributed by atoms with Crippen LogP contribution in [-0.4, -0.2) is 12.1 Å². The third kappa shape index (κ3) is 4.71. The Bertz CT molecular complexity index is 179. The maximum Gasteiger partial charge on any atom is 0.333 e. The molecule has 76 valence electrons. The van der Waals surface area contributed by atoms with Crippen molar-refractivity contribution < 1.29 is 9.53 Å². The van der Waals surface area contributed by atoms with Crippen molar-refractivity contribution in [3.05, 3.63) is 11.6 Å². The monoisotopic (exact) mass is 184 g/mol. The number of allylic oxidation sites excluding steroid dienone is 1. The molecule has 0 aromatic heterocycles. The topological polar surface area (TPSA) is 26.3 Å². The van der Waals surface area contributed by atoms with Crippen LogP contribution in [0.5, 0.6) is 0 Å². The number of esters is 1. The third-order valence-electron chi connectivity index (χ3n) is 2.02. The van der Waals surface area contributed by atoms with E-state index in [0.29, 0.717) is 0 Å². The number of carbonyl (C=O) groups excluding carboxylic acids is 1. The fourth-order valence-corrected chi connectivity index (χ4v) is 1.09. The second-order valence-corrected chi connectivity index (χ2v) is 3.14. The molecule has 0 spiro atoms. The lowest BCUT2D eigenvalue weighted by atomic mass is 10.2. The van der Waals surface area contributed by atoms with E-state index >= 15 is 0 Å². The Kier molecular flexibility index (Phi) is 6.29. The zero-order valence-corrected chi connectivity index (χ0v) is 9.09. The van der Waals surface area contributed by atoms with Gasteiger partial charge in [0, 0.05) is 5.57 Å². The number of carbonyl (C=O) groups is 1. The molecule has 13 heavy (non-hydrogen) atoms. The Morgan fingerprint density at radius 1 is 1.31 bits per heavy atom. The number of hydrogen-bond donors (Lipinski definition) is 0. The van der Waals surface area contributed by atoms with Crippen LogP contribution in [0.25, 0.3) is 0 Å². The van der Waals surface area contributed by atoms with Gasteiger partial charge >= 0.3 is 5.97 Å². The zero-order valence-electron chi connectivity index (χ0n) is 9.09. The molecule has 0 aliphatic heterocycles. The summed E-state index contributed by atoms with van der Waals surface area (Å²) in [5.74, 6) is -0.171. The van der Waals surface area contributed by atoms with Gasteiger partial charge in [-0.2, -0.15) is 0 Å². The Hall–Kier alpha value is -0.790. The fourth-order valence-electron chi connectivity index (χ4n) is 1.09. The lowest BCUT2D eigenvalue weighted by Crippen LogP contribution is -2.17. The first-order valence-electron chi connectivity index (χ1n) is 5.03. The minimum absolute atomic E-state index is 0.0766. The van der Waals surface area contributed by atoms with Gasteiger partial charge in [0.05, 0.1) is 0 Å². The van der Waals surface area contributed by atoms with E-state index in [2.05, 4.69) is 0 Å². The van der Waals surface area contributed by atoms with Gasteiger partial charge in [0.25, 0.3) is 0 Å².